The first-order valence-electron chi connectivity index (χ1n) is 9.53. The Bertz CT molecular complexity index is 1280. The average molecular weight is 443 g/mol. The van der Waals surface area contributed by atoms with E-state index >= 15 is 0 Å². The Balaban J connectivity index is 1.53. The van der Waals surface area contributed by atoms with E-state index in [1.165, 1.54) is 22.3 Å². The highest BCUT2D eigenvalue weighted by Gasteiger charge is 2.45. The molecule has 4 heterocycles. The van der Waals surface area contributed by atoms with Crippen molar-refractivity contribution in [3.05, 3.63) is 46.7 Å². The molecule has 154 valence electrons. The van der Waals surface area contributed by atoms with Crippen molar-refractivity contribution < 1.29 is 14.3 Å². The van der Waals surface area contributed by atoms with E-state index in [1.807, 2.05) is 19.9 Å². The molecule has 1 aliphatic rings. The highest BCUT2D eigenvalue weighted by atomic mass is 32.1. The van der Waals surface area contributed by atoms with Gasteiger partial charge < -0.3 is 15.3 Å². The van der Waals surface area contributed by atoms with E-state index < -0.39 is 11.6 Å². The molecule has 1 aromatic carbocycles. The summed E-state index contributed by atoms with van der Waals surface area (Å²) in [5.74, 6) is -0.245. The molecule has 6 nitrogen and oxygen atoms in total. The minimum atomic E-state index is -0.892. The first-order valence-corrected chi connectivity index (χ1v) is 11.2. The van der Waals surface area contributed by atoms with Gasteiger partial charge in [0, 0.05) is 34.5 Å². The van der Waals surface area contributed by atoms with Crippen molar-refractivity contribution in [3.63, 3.8) is 0 Å². The minimum absolute atomic E-state index is 0.0868. The molecule has 1 amide bonds. The molecule has 0 saturated carbocycles. The van der Waals surface area contributed by atoms with Gasteiger partial charge in [-0.2, -0.15) is 0 Å². The molecular weight excluding hydrogens is 423 g/mol. The van der Waals surface area contributed by atoms with Crippen molar-refractivity contribution in [3.8, 4) is 0 Å². The highest BCUT2D eigenvalue weighted by molar-refractivity contribution is 7.18. The monoisotopic (exact) mass is 442 g/mol. The lowest BCUT2D eigenvalue weighted by Crippen LogP contribution is -2.44. The first-order chi connectivity index (χ1) is 14.3. The van der Waals surface area contributed by atoms with Crippen LogP contribution >= 0.6 is 22.7 Å². The Kier molecular flexibility index (Phi) is 4.41. The number of pyridine rings is 1. The van der Waals surface area contributed by atoms with Gasteiger partial charge in [-0.05, 0) is 44.5 Å². The molecule has 2 N–H and O–H groups in total. The lowest BCUT2D eigenvalue weighted by atomic mass is 9.87. The second kappa shape index (κ2) is 6.88. The standard InChI is InChI=1S/C21H19FN4O2S2/c1-21(2)12(4-6-26(21)20(27)28)17-7-11-14(3-5-23-19(11)30-17)25-15-9-16-18(8-13(15)22)29-10-24-16/h3,5,7-10,12H,4,6H2,1-2H3,(H,23,25)(H,27,28)/t12-/m1/s1. The van der Waals surface area contributed by atoms with E-state index in [-0.39, 0.29) is 11.7 Å². The van der Waals surface area contributed by atoms with Gasteiger partial charge in [-0.3, -0.25) is 0 Å². The van der Waals surface area contributed by atoms with Gasteiger partial charge in [0.2, 0.25) is 0 Å². The van der Waals surface area contributed by atoms with Crippen LogP contribution in [0.4, 0.5) is 20.6 Å². The highest BCUT2D eigenvalue weighted by Crippen LogP contribution is 2.46. The van der Waals surface area contributed by atoms with Crippen LogP contribution in [0.25, 0.3) is 20.4 Å². The average Bonchev–Trinajstić information content (AvgIpc) is 3.38. The number of likely N-dealkylation sites (tertiary alicyclic amines) is 1. The summed E-state index contributed by atoms with van der Waals surface area (Å²) in [5.41, 5.74) is 3.09. The topological polar surface area (TPSA) is 78.4 Å². The summed E-state index contributed by atoms with van der Waals surface area (Å²) in [5, 5.41) is 13.6. The Morgan fingerprint density at radius 2 is 2.13 bits per heavy atom. The molecular formula is C21H19FN4O2S2. The van der Waals surface area contributed by atoms with Gasteiger partial charge in [-0.1, -0.05) is 0 Å². The van der Waals surface area contributed by atoms with E-state index in [0.717, 1.165) is 37.4 Å². The van der Waals surface area contributed by atoms with Crippen molar-refractivity contribution in [1.29, 1.82) is 0 Å². The molecule has 1 saturated heterocycles. The molecule has 30 heavy (non-hydrogen) atoms. The van der Waals surface area contributed by atoms with Crippen molar-refractivity contribution in [2.75, 3.05) is 11.9 Å². The zero-order valence-electron chi connectivity index (χ0n) is 16.3. The van der Waals surface area contributed by atoms with Gasteiger partial charge in [0.25, 0.3) is 0 Å². The smallest absolute Gasteiger partial charge is 0.407 e. The predicted octanol–water partition coefficient (Wildman–Crippen LogP) is 6.03. The van der Waals surface area contributed by atoms with Crippen molar-refractivity contribution in [2.45, 2.75) is 31.7 Å². The fourth-order valence-electron chi connectivity index (χ4n) is 4.28. The van der Waals surface area contributed by atoms with E-state index in [0.29, 0.717) is 12.2 Å². The summed E-state index contributed by atoms with van der Waals surface area (Å²) < 4.78 is 15.4. The fraction of sp³-hybridized carbons (Fsp3) is 0.286. The fourth-order valence-corrected chi connectivity index (χ4v) is 6.30. The van der Waals surface area contributed by atoms with Gasteiger partial charge in [-0.15, -0.1) is 22.7 Å². The third kappa shape index (κ3) is 3.00. The number of hydrogen-bond acceptors (Lipinski definition) is 6. The number of fused-ring (bicyclic) bond motifs is 2. The van der Waals surface area contributed by atoms with E-state index in [2.05, 4.69) is 21.4 Å². The number of thiophene rings is 1. The zero-order chi connectivity index (χ0) is 21.0. The lowest BCUT2D eigenvalue weighted by molar-refractivity contribution is 0.113. The molecule has 9 heteroatoms. The second-order valence-corrected chi connectivity index (χ2v) is 9.88. The number of nitrogens with one attached hydrogen (secondary N) is 1. The number of carbonyl (C=O) groups is 1. The Hall–Kier alpha value is -2.78. The number of halogens is 1. The van der Waals surface area contributed by atoms with Gasteiger partial charge in [0.15, 0.2) is 0 Å². The summed E-state index contributed by atoms with van der Waals surface area (Å²) in [7, 11) is 0. The molecule has 0 unspecified atom stereocenters. The van der Waals surface area contributed by atoms with E-state index in [9.17, 15) is 14.3 Å². The maximum Gasteiger partial charge on any atom is 0.407 e. The molecule has 1 aliphatic heterocycles. The van der Waals surface area contributed by atoms with Crippen molar-refractivity contribution >= 4 is 60.6 Å². The summed E-state index contributed by atoms with van der Waals surface area (Å²) >= 11 is 2.97. The molecule has 0 radical (unpaired) electrons. The summed E-state index contributed by atoms with van der Waals surface area (Å²) in [6.45, 7) is 4.45. The molecule has 0 bridgehead atoms. The SMILES string of the molecule is CC1(C)[C@@H](c2cc3c(Nc4cc5ncsc5cc4F)ccnc3s2)CCN1C(=O)O. The number of anilines is 2. The zero-order valence-corrected chi connectivity index (χ0v) is 18.0. The summed E-state index contributed by atoms with van der Waals surface area (Å²) in [4.78, 5) is 23.8. The van der Waals surface area contributed by atoms with Crippen LogP contribution in [-0.4, -0.2) is 38.2 Å². The lowest BCUT2D eigenvalue weighted by Gasteiger charge is -2.33. The van der Waals surface area contributed by atoms with Crippen molar-refractivity contribution in [2.24, 2.45) is 0 Å². The number of nitrogens with zero attached hydrogens (tertiary/aromatic N) is 3. The molecule has 0 aliphatic carbocycles. The number of rotatable bonds is 3. The number of carboxylic acid groups (broad SMARTS) is 1. The number of benzene rings is 1. The Labute approximate surface area is 180 Å². The molecule has 1 fully saturated rings. The molecule has 1 atom stereocenters. The Morgan fingerprint density at radius 1 is 1.30 bits per heavy atom. The maximum atomic E-state index is 14.6. The third-order valence-corrected chi connectivity index (χ3v) is 7.86. The van der Waals surface area contributed by atoms with Crippen LogP contribution in [0.5, 0.6) is 0 Å². The van der Waals surface area contributed by atoms with E-state index in [1.54, 1.807) is 29.1 Å². The third-order valence-electron chi connectivity index (χ3n) is 5.91. The van der Waals surface area contributed by atoms with Crippen LogP contribution in [0.3, 0.4) is 0 Å². The first kappa shape index (κ1) is 19.2. The van der Waals surface area contributed by atoms with Gasteiger partial charge in [0.05, 0.1) is 27.1 Å². The Morgan fingerprint density at radius 3 is 2.90 bits per heavy atom. The van der Waals surface area contributed by atoms with Crippen LogP contribution in [0.15, 0.2) is 36.0 Å². The second-order valence-electron chi connectivity index (χ2n) is 7.93. The van der Waals surface area contributed by atoms with Crippen LogP contribution < -0.4 is 5.32 Å². The van der Waals surface area contributed by atoms with Gasteiger partial charge in [-0.25, -0.2) is 19.2 Å². The number of aromatic nitrogens is 2. The number of hydrogen-bond donors (Lipinski definition) is 2. The number of amides is 1. The molecule has 0 spiro atoms. The van der Waals surface area contributed by atoms with Crippen LogP contribution in [0.2, 0.25) is 0 Å². The van der Waals surface area contributed by atoms with E-state index in [4.69, 9.17) is 0 Å². The maximum absolute atomic E-state index is 14.6. The largest absolute Gasteiger partial charge is 0.465 e. The molecule has 4 aromatic rings. The van der Waals surface area contributed by atoms with Crippen LogP contribution in [-0.2, 0) is 0 Å². The number of thiazole rings is 1. The van der Waals surface area contributed by atoms with Gasteiger partial charge >= 0.3 is 6.09 Å². The normalized spacial score (nSPS) is 18.4. The van der Waals surface area contributed by atoms with Gasteiger partial charge in [0.1, 0.15) is 10.6 Å². The molecule has 3 aromatic heterocycles. The quantitative estimate of drug-likeness (QED) is 0.405. The summed E-state index contributed by atoms with van der Waals surface area (Å²) in [6, 6.07) is 7.10. The molecule has 5 rings (SSSR count). The summed E-state index contributed by atoms with van der Waals surface area (Å²) in [6.07, 6.45) is 1.58. The predicted molar refractivity (Wildman–Crippen MR) is 119 cm³/mol. The van der Waals surface area contributed by atoms with Crippen molar-refractivity contribution in [1.82, 2.24) is 14.9 Å². The van der Waals surface area contributed by atoms with Crippen LogP contribution in [0.1, 0.15) is 31.1 Å². The van der Waals surface area contributed by atoms with Crippen LogP contribution in [0, 0.1) is 5.82 Å². The minimum Gasteiger partial charge on any atom is -0.465 e.